The zero-order valence-corrected chi connectivity index (χ0v) is 14.3. The molecular weight excluding hydrogens is 250 g/mol. The minimum absolute atomic E-state index is 0.0425. The molecule has 0 aromatic carbocycles. The van der Waals surface area contributed by atoms with Crippen molar-refractivity contribution in [2.24, 2.45) is 17.8 Å². The summed E-state index contributed by atoms with van der Waals surface area (Å²) in [6.45, 7) is 14.3. The molecule has 0 heterocycles. The second-order valence-corrected chi connectivity index (χ2v) is 7.98. The molecule has 0 aromatic heterocycles. The van der Waals surface area contributed by atoms with Crippen molar-refractivity contribution < 1.29 is 9.84 Å². The first-order valence-corrected chi connectivity index (χ1v) is 8.23. The molecule has 0 unspecified atom stereocenters. The first-order chi connectivity index (χ1) is 9.19. The quantitative estimate of drug-likeness (QED) is 0.787. The van der Waals surface area contributed by atoms with E-state index in [0.29, 0.717) is 31.1 Å². The van der Waals surface area contributed by atoms with Crippen LogP contribution >= 0.6 is 0 Å². The number of hydrogen-bond donors (Lipinski definition) is 2. The Morgan fingerprint density at radius 1 is 1.25 bits per heavy atom. The van der Waals surface area contributed by atoms with Gasteiger partial charge in [-0.3, -0.25) is 0 Å². The van der Waals surface area contributed by atoms with Crippen LogP contribution in [0.5, 0.6) is 0 Å². The third kappa shape index (κ3) is 6.55. The van der Waals surface area contributed by atoms with Crippen LogP contribution in [0.2, 0.25) is 0 Å². The first-order valence-electron chi connectivity index (χ1n) is 8.23. The molecule has 0 aliphatic heterocycles. The maximum Gasteiger partial charge on any atom is 0.0898 e. The lowest BCUT2D eigenvalue weighted by molar-refractivity contribution is -0.0689. The van der Waals surface area contributed by atoms with Gasteiger partial charge in [0, 0.05) is 12.1 Å². The fourth-order valence-electron chi connectivity index (χ4n) is 3.02. The zero-order chi connectivity index (χ0) is 15.3. The average molecular weight is 285 g/mol. The highest BCUT2D eigenvalue weighted by Gasteiger charge is 2.31. The number of ether oxygens (including phenoxy) is 1. The van der Waals surface area contributed by atoms with Gasteiger partial charge in [0.25, 0.3) is 0 Å². The summed E-state index contributed by atoms with van der Waals surface area (Å²) in [5, 5.41) is 13.4. The van der Waals surface area contributed by atoms with Crippen molar-refractivity contribution in [3.05, 3.63) is 0 Å². The Hall–Kier alpha value is -0.120. The molecule has 2 N–H and O–H groups in total. The summed E-state index contributed by atoms with van der Waals surface area (Å²) >= 11 is 0. The van der Waals surface area contributed by atoms with Crippen LogP contribution in [0.25, 0.3) is 0 Å². The Kier molecular flexibility index (Phi) is 6.96. The van der Waals surface area contributed by atoms with Gasteiger partial charge in [-0.15, -0.1) is 0 Å². The van der Waals surface area contributed by atoms with Crippen molar-refractivity contribution in [1.29, 1.82) is 0 Å². The van der Waals surface area contributed by atoms with Crippen LogP contribution in [0, 0.1) is 17.8 Å². The Labute approximate surface area is 125 Å². The van der Waals surface area contributed by atoms with Crippen LogP contribution in [0.15, 0.2) is 0 Å². The number of hydrogen-bond acceptors (Lipinski definition) is 3. The molecule has 0 spiro atoms. The molecule has 3 nitrogen and oxygen atoms in total. The number of nitrogens with one attached hydrogen (secondary N) is 1. The average Bonchev–Trinajstić information content (AvgIpc) is 2.32. The normalized spacial score (nSPS) is 29.7. The number of aliphatic hydroxyl groups excluding tert-OH is 1. The molecule has 1 aliphatic carbocycles. The van der Waals surface area contributed by atoms with Crippen LogP contribution < -0.4 is 5.32 Å². The summed E-state index contributed by atoms with van der Waals surface area (Å²) in [7, 11) is 0. The largest absolute Gasteiger partial charge is 0.389 e. The number of aliphatic hydroxyl groups is 1. The Balaban J connectivity index is 2.37. The lowest BCUT2D eigenvalue weighted by Gasteiger charge is -2.37. The van der Waals surface area contributed by atoms with E-state index >= 15 is 0 Å². The van der Waals surface area contributed by atoms with Gasteiger partial charge in [-0.05, 0) is 51.4 Å². The van der Waals surface area contributed by atoms with E-state index in [1.807, 2.05) is 0 Å². The maximum atomic E-state index is 10.0. The van der Waals surface area contributed by atoms with Gasteiger partial charge in [0.2, 0.25) is 0 Å². The van der Waals surface area contributed by atoms with Crippen molar-refractivity contribution in [3.63, 3.8) is 0 Å². The van der Waals surface area contributed by atoms with Crippen molar-refractivity contribution in [1.82, 2.24) is 5.32 Å². The summed E-state index contributed by atoms with van der Waals surface area (Å²) in [5.74, 6) is 2.06. The van der Waals surface area contributed by atoms with Crippen LogP contribution in [-0.4, -0.2) is 36.0 Å². The molecule has 1 rings (SSSR count). The second kappa shape index (κ2) is 7.77. The van der Waals surface area contributed by atoms with E-state index in [4.69, 9.17) is 4.74 Å². The third-order valence-corrected chi connectivity index (χ3v) is 4.33. The fraction of sp³-hybridized carbons (Fsp3) is 1.00. The van der Waals surface area contributed by atoms with Gasteiger partial charge < -0.3 is 15.2 Å². The molecule has 1 saturated carbocycles. The van der Waals surface area contributed by atoms with Crippen molar-refractivity contribution in [2.45, 2.75) is 78.6 Å². The zero-order valence-electron chi connectivity index (χ0n) is 14.3. The Bertz CT molecular complexity index is 273. The molecule has 0 bridgehead atoms. The minimum atomic E-state index is -0.417. The van der Waals surface area contributed by atoms with E-state index in [0.717, 1.165) is 12.3 Å². The molecule has 4 atom stereocenters. The highest BCUT2D eigenvalue weighted by Crippen LogP contribution is 2.35. The number of rotatable bonds is 6. The second-order valence-electron chi connectivity index (χ2n) is 7.98. The van der Waals surface area contributed by atoms with Gasteiger partial charge >= 0.3 is 0 Å². The smallest absolute Gasteiger partial charge is 0.0898 e. The monoisotopic (exact) mass is 285 g/mol. The van der Waals surface area contributed by atoms with Crippen LogP contribution in [0.1, 0.15) is 60.8 Å². The van der Waals surface area contributed by atoms with Crippen LogP contribution in [0.3, 0.4) is 0 Å². The van der Waals surface area contributed by atoms with Crippen molar-refractivity contribution >= 4 is 0 Å². The molecule has 1 aliphatic rings. The fourth-order valence-corrected chi connectivity index (χ4v) is 3.02. The molecular formula is C17H35NO2. The molecule has 0 amide bonds. The molecule has 0 radical (unpaired) electrons. The van der Waals surface area contributed by atoms with Gasteiger partial charge in [0.15, 0.2) is 0 Å². The summed E-state index contributed by atoms with van der Waals surface area (Å²) in [6, 6.07) is 0. The number of β-amino-alcohol motifs (C(OH)–C–C–N with tert-alkyl or cyclic N) is 1. The Morgan fingerprint density at radius 2 is 1.90 bits per heavy atom. The van der Waals surface area contributed by atoms with Gasteiger partial charge in [0.05, 0.1) is 18.8 Å². The van der Waals surface area contributed by atoms with E-state index < -0.39 is 6.10 Å². The lowest BCUT2D eigenvalue weighted by Crippen LogP contribution is -2.43. The van der Waals surface area contributed by atoms with Gasteiger partial charge in [0.1, 0.15) is 0 Å². The molecule has 0 saturated heterocycles. The molecule has 120 valence electrons. The van der Waals surface area contributed by atoms with E-state index in [1.165, 1.54) is 12.8 Å². The van der Waals surface area contributed by atoms with Crippen LogP contribution in [-0.2, 0) is 4.74 Å². The van der Waals surface area contributed by atoms with E-state index in [9.17, 15) is 5.11 Å². The lowest BCUT2D eigenvalue weighted by atomic mass is 9.75. The minimum Gasteiger partial charge on any atom is -0.389 e. The predicted molar refractivity (Wildman–Crippen MR) is 84.8 cm³/mol. The Morgan fingerprint density at radius 3 is 2.45 bits per heavy atom. The van der Waals surface area contributed by atoms with Crippen LogP contribution in [0.4, 0.5) is 0 Å². The van der Waals surface area contributed by atoms with Crippen molar-refractivity contribution in [2.75, 3.05) is 13.2 Å². The molecule has 0 aromatic rings. The summed E-state index contributed by atoms with van der Waals surface area (Å²) in [4.78, 5) is 0. The summed E-state index contributed by atoms with van der Waals surface area (Å²) < 4.78 is 6.06. The van der Waals surface area contributed by atoms with Gasteiger partial charge in [-0.2, -0.15) is 0 Å². The molecule has 1 fully saturated rings. The molecule has 3 heteroatoms. The summed E-state index contributed by atoms with van der Waals surface area (Å²) in [5.41, 5.74) is 0.0425. The third-order valence-electron chi connectivity index (χ3n) is 4.33. The highest BCUT2D eigenvalue weighted by atomic mass is 16.5. The van der Waals surface area contributed by atoms with E-state index in [-0.39, 0.29) is 5.54 Å². The van der Waals surface area contributed by atoms with Crippen molar-refractivity contribution in [3.8, 4) is 0 Å². The summed E-state index contributed by atoms with van der Waals surface area (Å²) in [6.07, 6.45) is 3.63. The highest BCUT2D eigenvalue weighted by molar-refractivity contribution is 4.82. The van der Waals surface area contributed by atoms with E-state index in [2.05, 4.69) is 46.9 Å². The van der Waals surface area contributed by atoms with Gasteiger partial charge in [-0.1, -0.05) is 27.2 Å². The maximum absolute atomic E-state index is 10.0. The standard InChI is InChI=1S/C17H35NO2/c1-12(2)15-8-7-13(3)9-16(15)20-11-14(19)10-18-17(4,5)6/h12-16,18-19H,7-11H2,1-6H3/t13-,14-,15-,16-/m1/s1. The molecule has 20 heavy (non-hydrogen) atoms. The van der Waals surface area contributed by atoms with Gasteiger partial charge in [-0.25, -0.2) is 0 Å². The SMILES string of the molecule is CC(C)[C@H]1CC[C@@H](C)C[C@H]1OC[C@H](O)CNC(C)(C)C. The topological polar surface area (TPSA) is 41.5 Å². The van der Waals surface area contributed by atoms with E-state index in [1.54, 1.807) is 0 Å². The predicted octanol–water partition coefficient (Wildman–Crippen LogP) is 3.21. The first kappa shape index (κ1) is 17.9.